The molecule has 2 heterocycles. The topological polar surface area (TPSA) is 62.5 Å². The lowest BCUT2D eigenvalue weighted by Crippen LogP contribution is -2.43. The number of anilines is 1. The smallest absolute Gasteiger partial charge is 0.246 e. The summed E-state index contributed by atoms with van der Waals surface area (Å²) in [7, 11) is 1.79. The normalized spacial score (nSPS) is 16.5. The Labute approximate surface area is 181 Å². The zero-order chi connectivity index (χ0) is 21.1. The summed E-state index contributed by atoms with van der Waals surface area (Å²) in [6.07, 6.45) is 1.89. The molecule has 2 aromatic carbocycles. The van der Waals surface area contributed by atoms with E-state index in [1.54, 1.807) is 24.1 Å². The number of nitrogens with zero attached hydrogens (tertiary/aromatic N) is 4. The van der Waals surface area contributed by atoms with Crippen LogP contribution >= 0.6 is 11.6 Å². The maximum absolute atomic E-state index is 13.0. The van der Waals surface area contributed by atoms with Gasteiger partial charge in [-0.3, -0.25) is 4.79 Å². The van der Waals surface area contributed by atoms with E-state index in [1.807, 2.05) is 12.1 Å². The molecule has 3 aromatic rings. The highest BCUT2D eigenvalue weighted by atomic mass is 35.5. The molecule has 0 saturated carbocycles. The highest BCUT2D eigenvalue weighted by Crippen LogP contribution is 2.25. The molecule has 0 unspecified atom stereocenters. The molecule has 1 aromatic heterocycles. The highest BCUT2D eigenvalue weighted by Gasteiger charge is 2.29. The fraction of sp³-hybridized carbons (Fsp3) is 0.348. The Balaban J connectivity index is 1.38. The van der Waals surface area contributed by atoms with Gasteiger partial charge >= 0.3 is 0 Å². The summed E-state index contributed by atoms with van der Waals surface area (Å²) in [4.78, 5) is 21.4. The van der Waals surface area contributed by atoms with Crippen LogP contribution in [0.1, 0.15) is 24.3 Å². The van der Waals surface area contributed by atoms with Crippen LogP contribution in [0.3, 0.4) is 0 Å². The number of hydrogen-bond donors (Lipinski definition) is 0. The molecule has 1 atom stereocenters. The monoisotopic (exact) mass is 424 g/mol. The van der Waals surface area contributed by atoms with Gasteiger partial charge in [-0.2, -0.15) is 4.98 Å². The summed E-state index contributed by atoms with van der Waals surface area (Å²) >= 11 is 5.93. The Hall–Kier alpha value is -2.86. The average Bonchev–Trinajstić information content (AvgIpc) is 3.22. The van der Waals surface area contributed by atoms with E-state index >= 15 is 0 Å². The van der Waals surface area contributed by atoms with Gasteiger partial charge in [0.05, 0.1) is 12.5 Å². The number of amides is 1. The van der Waals surface area contributed by atoms with Crippen LogP contribution in [0.4, 0.5) is 5.69 Å². The molecule has 7 heteroatoms. The van der Waals surface area contributed by atoms with Gasteiger partial charge in [0.2, 0.25) is 17.6 Å². The second-order valence-electron chi connectivity index (χ2n) is 7.83. The first-order valence-electron chi connectivity index (χ1n) is 10.1. The minimum Gasteiger partial charge on any atom is -0.371 e. The third kappa shape index (κ3) is 4.65. The van der Waals surface area contributed by atoms with Crippen LogP contribution in [-0.4, -0.2) is 41.1 Å². The average molecular weight is 425 g/mol. The molecule has 6 nitrogen and oxygen atoms in total. The minimum absolute atomic E-state index is 0.0382. The van der Waals surface area contributed by atoms with E-state index in [0.717, 1.165) is 31.5 Å². The number of hydrogen-bond acceptors (Lipinski definition) is 5. The van der Waals surface area contributed by atoms with Gasteiger partial charge in [-0.05, 0) is 56.2 Å². The van der Waals surface area contributed by atoms with Gasteiger partial charge in [0.15, 0.2) is 0 Å². The van der Waals surface area contributed by atoms with Crippen LogP contribution in [0.15, 0.2) is 53.1 Å². The Morgan fingerprint density at radius 1 is 1.20 bits per heavy atom. The Bertz CT molecular complexity index is 1000. The van der Waals surface area contributed by atoms with E-state index in [1.165, 1.54) is 11.3 Å². The number of piperidine rings is 1. The number of rotatable bonds is 5. The molecule has 0 spiro atoms. The maximum atomic E-state index is 13.0. The third-order valence-corrected chi connectivity index (χ3v) is 5.74. The molecular formula is C23H25ClN4O2. The first-order chi connectivity index (χ1) is 14.5. The summed E-state index contributed by atoms with van der Waals surface area (Å²) < 4.78 is 5.36. The Morgan fingerprint density at radius 2 is 1.93 bits per heavy atom. The van der Waals surface area contributed by atoms with Crippen molar-refractivity contribution in [3.05, 3.63) is 65.0 Å². The lowest BCUT2D eigenvalue weighted by Gasteiger charge is -2.35. The van der Waals surface area contributed by atoms with Crippen molar-refractivity contribution in [1.82, 2.24) is 15.0 Å². The molecule has 0 N–H and O–H groups in total. The Morgan fingerprint density at radius 3 is 2.67 bits per heavy atom. The number of benzene rings is 2. The molecule has 1 aliphatic heterocycles. The Kier molecular flexibility index (Phi) is 6.04. The highest BCUT2D eigenvalue weighted by molar-refractivity contribution is 6.30. The maximum Gasteiger partial charge on any atom is 0.246 e. The molecule has 1 amide bonds. The van der Waals surface area contributed by atoms with Gasteiger partial charge in [0.1, 0.15) is 0 Å². The van der Waals surface area contributed by atoms with Gasteiger partial charge in [-0.25, -0.2) is 0 Å². The van der Waals surface area contributed by atoms with Crippen molar-refractivity contribution < 1.29 is 9.32 Å². The summed E-state index contributed by atoms with van der Waals surface area (Å²) in [6.45, 7) is 4.08. The first kappa shape index (κ1) is 20.4. The van der Waals surface area contributed by atoms with E-state index in [9.17, 15) is 4.79 Å². The van der Waals surface area contributed by atoms with Crippen molar-refractivity contribution in [2.75, 3.05) is 25.0 Å². The molecule has 0 bridgehead atoms. The van der Waals surface area contributed by atoms with Crippen molar-refractivity contribution in [1.29, 1.82) is 0 Å². The fourth-order valence-electron chi connectivity index (χ4n) is 3.80. The fourth-order valence-corrected chi connectivity index (χ4v) is 3.92. The number of halogens is 1. The zero-order valence-electron chi connectivity index (χ0n) is 17.2. The molecule has 1 saturated heterocycles. The van der Waals surface area contributed by atoms with Crippen molar-refractivity contribution in [2.24, 2.45) is 5.92 Å². The van der Waals surface area contributed by atoms with Crippen LogP contribution in [0.2, 0.25) is 5.02 Å². The van der Waals surface area contributed by atoms with Gasteiger partial charge in [-0.15, -0.1) is 0 Å². The number of aryl methyl sites for hydroxylation is 1. The van der Waals surface area contributed by atoms with E-state index in [-0.39, 0.29) is 11.8 Å². The molecular weight excluding hydrogens is 400 g/mol. The number of carbonyl (C=O) groups excluding carboxylic acids is 1. The first-order valence-corrected chi connectivity index (χ1v) is 10.5. The van der Waals surface area contributed by atoms with Crippen LogP contribution in [0, 0.1) is 12.8 Å². The summed E-state index contributed by atoms with van der Waals surface area (Å²) in [6, 6.07) is 15.7. The van der Waals surface area contributed by atoms with E-state index in [0.29, 0.717) is 23.3 Å². The second-order valence-corrected chi connectivity index (χ2v) is 8.27. The van der Waals surface area contributed by atoms with Gasteiger partial charge in [-0.1, -0.05) is 34.5 Å². The van der Waals surface area contributed by atoms with Crippen LogP contribution in [-0.2, 0) is 11.3 Å². The number of aromatic nitrogens is 2. The minimum atomic E-state index is -0.0382. The molecule has 156 valence electrons. The molecule has 1 aliphatic rings. The van der Waals surface area contributed by atoms with Crippen molar-refractivity contribution in [3.8, 4) is 11.4 Å². The molecule has 30 heavy (non-hydrogen) atoms. The van der Waals surface area contributed by atoms with E-state index in [4.69, 9.17) is 16.1 Å². The van der Waals surface area contributed by atoms with E-state index < -0.39 is 0 Å². The van der Waals surface area contributed by atoms with Gasteiger partial charge in [0, 0.05) is 36.4 Å². The second kappa shape index (κ2) is 8.88. The predicted octanol–water partition coefficient (Wildman–Crippen LogP) is 4.57. The largest absolute Gasteiger partial charge is 0.371 e. The van der Waals surface area contributed by atoms with E-state index in [2.05, 4.69) is 46.2 Å². The summed E-state index contributed by atoms with van der Waals surface area (Å²) in [5, 5.41) is 4.68. The standard InChI is InChI=1S/C23H25ClN4O2/c1-16-5-11-20(12-6-16)28-13-3-4-18(14-28)23(29)27(2)15-21-25-22(26-30-21)17-7-9-19(24)10-8-17/h5-12,18H,3-4,13-15H2,1-2H3/t18-/m1/s1. The van der Waals surface area contributed by atoms with Crippen LogP contribution in [0.5, 0.6) is 0 Å². The third-order valence-electron chi connectivity index (χ3n) is 5.49. The van der Waals surface area contributed by atoms with Crippen molar-refractivity contribution in [3.63, 3.8) is 0 Å². The molecule has 1 fully saturated rings. The van der Waals surface area contributed by atoms with Crippen LogP contribution < -0.4 is 4.90 Å². The predicted molar refractivity (Wildman–Crippen MR) is 117 cm³/mol. The molecule has 4 rings (SSSR count). The zero-order valence-corrected chi connectivity index (χ0v) is 18.0. The lowest BCUT2D eigenvalue weighted by atomic mass is 9.96. The quantitative estimate of drug-likeness (QED) is 0.600. The SMILES string of the molecule is Cc1ccc(N2CCC[C@@H](C(=O)N(C)Cc3nc(-c4ccc(Cl)cc4)no3)C2)cc1. The summed E-state index contributed by atoms with van der Waals surface area (Å²) in [5.74, 6) is 0.981. The molecule has 0 radical (unpaired) electrons. The van der Waals surface area contributed by atoms with Crippen molar-refractivity contribution in [2.45, 2.75) is 26.3 Å². The van der Waals surface area contributed by atoms with Gasteiger partial charge < -0.3 is 14.3 Å². The van der Waals surface area contributed by atoms with Crippen molar-refractivity contribution >= 4 is 23.2 Å². The number of carbonyl (C=O) groups is 1. The van der Waals surface area contributed by atoms with Gasteiger partial charge in [0.25, 0.3) is 0 Å². The molecule has 0 aliphatic carbocycles. The van der Waals surface area contributed by atoms with Crippen LogP contribution in [0.25, 0.3) is 11.4 Å². The lowest BCUT2D eigenvalue weighted by molar-refractivity contribution is -0.135. The summed E-state index contributed by atoms with van der Waals surface area (Å²) in [5.41, 5.74) is 3.23.